The van der Waals surface area contributed by atoms with Gasteiger partial charge in [0.25, 0.3) is 0 Å². The monoisotopic (exact) mass is 307 g/mol. The number of nitrogens with one attached hydrogen (secondary N) is 2. The molecule has 0 unspecified atom stereocenters. The van der Waals surface area contributed by atoms with Gasteiger partial charge in [-0.25, -0.2) is 4.98 Å². The van der Waals surface area contributed by atoms with E-state index in [1.54, 1.807) is 12.5 Å². The van der Waals surface area contributed by atoms with Gasteiger partial charge in [-0.2, -0.15) is 4.98 Å². The van der Waals surface area contributed by atoms with Crippen LogP contribution in [0.15, 0.2) is 45.7 Å². The van der Waals surface area contributed by atoms with Crippen LogP contribution in [0.2, 0.25) is 0 Å². The number of aromatic nitrogens is 3. The normalized spacial score (nSPS) is 14.4. The van der Waals surface area contributed by atoms with E-state index < -0.39 is 0 Å². The Bertz CT molecular complexity index is 1000. The zero-order valence-electron chi connectivity index (χ0n) is 12.1. The third-order valence-corrected chi connectivity index (χ3v) is 3.83. The number of hydrogen-bond donors (Lipinski definition) is 2. The lowest BCUT2D eigenvalue weighted by Gasteiger charge is -2.08. The predicted molar refractivity (Wildman–Crippen MR) is 85.7 cm³/mol. The summed E-state index contributed by atoms with van der Waals surface area (Å²) in [5, 5.41) is 11.3. The van der Waals surface area contributed by atoms with Gasteiger partial charge in [0.15, 0.2) is 17.0 Å². The number of furan rings is 1. The molecule has 7 heteroatoms. The van der Waals surface area contributed by atoms with Crippen molar-refractivity contribution in [1.82, 2.24) is 15.1 Å². The second-order valence-corrected chi connectivity index (χ2v) is 5.65. The van der Waals surface area contributed by atoms with E-state index in [0.29, 0.717) is 17.6 Å². The molecule has 3 heterocycles. The smallest absolute Gasteiger partial charge is 0.229 e. The first kappa shape index (κ1) is 12.5. The maximum atomic E-state index is 5.49. The highest BCUT2D eigenvalue weighted by molar-refractivity contribution is 5.86. The molecule has 1 saturated carbocycles. The van der Waals surface area contributed by atoms with Crippen molar-refractivity contribution >= 4 is 39.5 Å². The molecular formula is C16H13N5O2. The number of anilines is 3. The summed E-state index contributed by atoms with van der Waals surface area (Å²) in [4.78, 5) is 9.03. The minimum atomic E-state index is 0.483. The molecule has 0 atom stereocenters. The molecule has 2 N–H and O–H groups in total. The molecule has 1 aliphatic rings. The van der Waals surface area contributed by atoms with Gasteiger partial charge in [0.1, 0.15) is 5.52 Å². The molecule has 7 nitrogen and oxygen atoms in total. The Morgan fingerprint density at radius 2 is 2.09 bits per heavy atom. The largest absolute Gasteiger partial charge is 0.459 e. The zero-order chi connectivity index (χ0) is 15.2. The fourth-order valence-electron chi connectivity index (χ4n) is 2.51. The Morgan fingerprint density at radius 1 is 1.13 bits per heavy atom. The third kappa shape index (κ3) is 2.26. The van der Waals surface area contributed by atoms with Gasteiger partial charge in [0.05, 0.1) is 12.5 Å². The number of fused-ring (bicyclic) bond motifs is 2. The van der Waals surface area contributed by atoms with E-state index in [1.807, 2.05) is 24.3 Å². The summed E-state index contributed by atoms with van der Waals surface area (Å²) < 4.78 is 10.7. The predicted octanol–water partition coefficient (Wildman–Crippen LogP) is 3.68. The Labute approximate surface area is 130 Å². The molecule has 0 amide bonds. The first-order chi connectivity index (χ1) is 11.3. The molecule has 1 fully saturated rings. The third-order valence-electron chi connectivity index (χ3n) is 3.83. The minimum Gasteiger partial charge on any atom is -0.459 e. The van der Waals surface area contributed by atoms with Crippen molar-refractivity contribution in [2.45, 2.75) is 18.9 Å². The molecule has 3 aromatic heterocycles. The molecule has 0 aliphatic heterocycles. The lowest BCUT2D eigenvalue weighted by atomic mass is 10.2. The second kappa shape index (κ2) is 4.70. The van der Waals surface area contributed by atoms with E-state index >= 15 is 0 Å². The van der Waals surface area contributed by atoms with Crippen LogP contribution in [0.3, 0.4) is 0 Å². The van der Waals surface area contributed by atoms with Crippen LogP contribution >= 0.6 is 0 Å². The fraction of sp³-hybridized carbons (Fsp3) is 0.188. The van der Waals surface area contributed by atoms with Crippen molar-refractivity contribution in [2.24, 2.45) is 0 Å². The Hall–Kier alpha value is -3.09. The van der Waals surface area contributed by atoms with E-state index in [0.717, 1.165) is 40.8 Å². The van der Waals surface area contributed by atoms with Gasteiger partial charge in [-0.15, -0.1) is 0 Å². The van der Waals surface area contributed by atoms with Crippen LogP contribution in [0.4, 0.5) is 17.5 Å². The summed E-state index contributed by atoms with van der Waals surface area (Å²) in [5.74, 6) is 1.24. The zero-order valence-corrected chi connectivity index (χ0v) is 12.1. The standard InChI is InChI=1S/C16H13N5O2/c1-2-11(7-13-9(1)8-17-23-13)19-16-20-12-5-6-22-14(12)15(21-16)18-10-3-4-10/h1-2,5-8,10H,3-4H2,(H2,18,19,20,21). The molecular weight excluding hydrogens is 294 g/mol. The average molecular weight is 307 g/mol. The van der Waals surface area contributed by atoms with Crippen molar-refractivity contribution in [3.8, 4) is 0 Å². The molecule has 4 aromatic rings. The molecule has 114 valence electrons. The minimum absolute atomic E-state index is 0.483. The van der Waals surface area contributed by atoms with Crippen LogP contribution in [0.5, 0.6) is 0 Å². The first-order valence-corrected chi connectivity index (χ1v) is 7.48. The van der Waals surface area contributed by atoms with Crippen molar-refractivity contribution in [3.63, 3.8) is 0 Å². The van der Waals surface area contributed by atoms with Gasteiger partial charge < -0.3 is 19.6 Å². The highest BCUT2D eigenvalue weighted by atomic mass is 16.5. The molecule has 1 aliphatic carbocycles. The molecule has 23 heavy (non-hydrogen) atoms. The SMILES string of the molecule is c1cc2nc(Nc3ccc4cnoc4c3)nc(NC3CC3)c2o1. The molecule has 5 rings (SSSR count). The molecule has 1 aromatic carbocycles. The number of hydrogen-bond acceptors (Lipinski definition) is 7. The molecule has 0 bridgehead atoms. The Kier molecular flexibility index (Phi) is 2.55. The molecule has 0 saturated heterocycles. The summed E-state index contributed by atoms with van der Waals surface area (Å²) >= 11 is 0. The average Bonchev–Trinajstić information content (AvgIpc) is 3.06. The van der Waals surface area contributed by atoms with E-state index in [9.17, 15) is 0 Å². The summed E-state index contributed by atoms with van der Waals surface area (Å²) in [6.45, 7) is 0. The summed E-state index contributed by atoms with van der Waals surface area (Å²) in [6.07, 6.45) is 5.64. The Morgan fingerprint density at radius 3 is 3.00 bits per heavy atom. The molecule has 0 spiro atoms. The Balaban J connectivity index is 1.53. The van der Waals surface area contributed by atoms with Gasteiger partial charge in [0, 0.05) is 29.2 Å². The summed E-state index contributed by atoms with van der Waals surface area (Å²) in [7, 11) is 0. The van der Waals surface area contributed by atoms with E-state index in [1.165, 1.54) is 0 Å². The maximum Gasteiger partial charge on any atom is 0.229 e. The maximum absolute atomic E-state index is 5.49. The topological polar surface area (TPSA) is 89.0 Å². The van der Waals surface area contributed by atoms with Crippen LogP contribution in [-0.4, -0.2) is 21.2 Å². The molecule has 0 radical (unpaired) electrons. The van der Waals surface area contributed by atoms with Crippen LogP contribution in [0.1, 0.15) is 12.8 Å². The van der Waals surface area contributed by atoms with Crippen molar-refractivity contribution in [1.29, 1.82) is 0 Å². The van der Waals surface area contributed by atoms with Gasteiger partial charge in [-0.1, -0.05) is 5.16 Å². The van der Waals surface area contributed by atoms with Crippen LogP contribution < -0.4 is 10.6 Å². The van der Waals surface area contributed by atoms with Crippen LogP contribution in [-0.2, 0) is 0 Å². The van der Waals surface area contributed by atoms with E-state index in [-0.39, 0.29) is 0 Å². The van der Waals surface area contributed by atoms with E-state index in [4.69, 9.17) is 8.94 Å². The first-order valence-electron chi connectivity index (χ1n) is 7.48. The quantitative estimate of drug-likeness (QED) is 0.594. The summed E-state index contributed by atoms with van der Waals surface area (Å²) in [6, 6.07) is 8.07. The number of benzene rings is 1. The van der Waals surface area contributed by atoms with Crippen LogP contribution in [0.25, 0.3) is 22.1 Å². The highest BCUT2D eigenvalue weighted by Gasteiger charge is 2.23. The second-order valence-electron chi connectivity index (χ2n) is 5.65. The van der Waals surface area contributed by atoms with Gasteiger partial charge in [0.2, 0.25) is 5.95 Å². The van der Waals surface area contributed by atoms with Crippen molar-refractivity contribution in [2.75, 3.05) is 10.6 Å². The van der Waals surface area contributed by atoms with Gasteiger partial charge in [-0.05, 0) is 25.0 Å². The number of nitrogens with zero attached hydrogens (tertiary/aromatic N) is 3. The fourth-order valence-corrected chi connectivity index (χ4v) is 2.51. The summed E-state index contributed by atoms with van der Waals surface area (Å²) in [5.41, 5.74) is 3.02. The van der Waals surface area contributed by atoms with Gasteiger partial charge >= 0.3 is 0 Å². The van der Waals surface area contributed by atoms with Gasteiger partial charge in [-0.3, -0.25) is 0 Å². The lowest BCUT2D eigenvalue weighted by Crippen LogP contribution is -2.06. The highest BCUT2D eigenvalue weighted by Crippen LogP contribution is 2.30. The lowest BCUT2D eigenvalue weighted by molar-refractivity contribution is 0.456. The van der Waals surface area contributed by atoms with E-state index in [2.05, 4.69) is 25.8 Å². The number of rotatable bonds is 4. The van der Waals surface area contributed by atoms with Crippen molar-refractivity contribution < 1.29 is 8.94 Å². The van der Waals surface area contributed by atoms with Crippen molar-refractivity contribution in [3.05, 3.63) is 36.7 Å². The van der Waals surface area contributed by atoms with Crippen LogP contribution in [0, 0.1) is 0 Å².